The van der Waals surface area contributed by atoms with Crippen molar-refractivity contribution in [3.8, 4) is 11.3 Å². The van der Waals surface area contributed by atoms with E-state index in [1.807, 2.05) is 0 Å². The van der Waals surface area contributed by atoms with Crippen LogP contribution in [0.2, 0.25) is 0 Å². The summed E-state index contributed by atoms with van der Waals surface area (Å²) in [5.74, 6) is 0.110. The highest BCUT2D eigenvalue weighted by Crippen LogP contribution is 2.28. The second-order valence-corrected chi connectivity index (χ2v) is 5.99. The molecule has 3 rings (SSSR count). The second kappa shape index (κ2) is 7.59. The van der Waals surface area contributed by atoms with E-state index in [0.29, 0.717) is 18.1 Å². The van der Waals surface area contributed by atoms with Gasteiger partial charge in [0.25, 0.3) is 5.91 Å². The third-order valence-electron chi connectivity index (χ3n) is 3.83. The highest BCUT2D eigenvalue weighted by molar-refractivity contribution is 5.92. The van der Waals surface area contributed by atoms with E-state index in [0.717, 1.165) is 0 Å². The molecule has 0 saturated heterocycles. The largest absolute Gasteiger partial charge is 0.451 e. The van der Waals surface area contributed by atoms with Crippen molar-refractivity contribution in [1.29, 1.82) is 0 Å². The van der Waals surface area contributed by atoms with Gasteiger partial charge in [-0.15, -0.1) is 0 Å². The maximum atomic E-state index is 13.7. The van der Waals surface area contributed by atoms with Crippen molar-refractivity contribution in [3.63, 3.8) is 0 Å². The van der Waals surface area contributed by atoms with Crippen LogP contribution in [0.15, 0.2) is 40.8 Å². The predicted molar refractivity (Wildman–Crippen MR) is 86.0 cm³/mol. The van der Waals surface area contributed by atoms with Gasteiger partial charge in [0.1, 0.15) is 11.6 Å². The summed E-state index contributed by atoms with van der Waals surface area (Å²) in [5.41, 5.74) is 0.296. The van der Waals surface area contributed by atoms with Gasteiger partial charge in [0, 0.05) is 13.2 Å². The number of hydrogen-bond acceptors (Lipinski definition) is 4. The first kappa shape index (κ1) is 16.7. The first-order chi connectivity index (χ1) is 11.6. The Labute approximate surface area is 139 Å². The Kier molecular flexibility index (Phi) is 5.27. The molecule has 1 aliphatic carbocycles. The third kappa shape index (κ3) is 4.43. The average molecular weight is 333 g/mol. The van der Waals surface area contributed by atoms with Crippen LogP contribution in [0.5, 0.6) is 0 Å². The minimum Gasteiger partial charge on any atom is -0.451 e. The van der Waals surface area contributed by atoms with Crippen LogP contribution in [-0.4, -0.2) is 36.9 Å². The molecule has 2 N–H and O–H groups in total. The lowest BCUT2D eigenvalue weighted by atomic mass is 10.1. The number of halogens is 1. The number of nitrogens with one attached hydrogen (secondary N) is 1. The first-order valence-electron chi connectivity index (χ1n) is 8.02. The molecule has 1 aromatic heterocycles. The van der Waals surface area contributed by atoms with Gasteiger partial charge in [0.05, 0.1) is 18.3 Å². The second-order valence-electron chi connectivity index (χ2n) is 5.99. The van der Waals surface area contributed by atoms with Gasteiger partial charge in [0.2, 0.25) is 0 Å². The molecule has 1 aliphatic rings. The summed E-state index contributed by atoms with van der Waals surface area (Å²) in [4.78, 5) is 12.0. The molecular weight excluding hydrogens is 313 g/mol. The summed E-state index contributed by atoms with van der Waals surface area (Å²) in [5, 5.41) is 12.4. The lowest BCUT2D eigenvalue weighted by Crippen LogP contribution is -2.34. The predicted octanol–water partition coefficient (Wildman–Crippen LogP) is 2.60. The number of carbonyl (C=O) groups excluding carboxylic acids is 1. The minimum absolute atomic E-state index is 0.0687. The Morgan fingerprint density at radius 3 is 2.88 bits per heavy atom. The smallest absolute Gasteiger partial charge is 0.287 e. The molecule has 5 nitrogen and oxygen atoms in total. The summed E-state index contributed by atoms with van der Waals surface area (Å²) in [7, 11) is 0. The monoisotopic (exact) mass is 333 g/mol. The number of furan rings is 1. The molecule has 0 bridgehead atoms. The molecule has 1 heterocycles. The number of hydrogen-bond donors (Lipinski definition) is 2. The fourth-order valence-corrected chi connectivity index (χ4v) is 2.28. The topological polar surface area (TPSA) is 71.7 Å². The zero-order chi connectivity index (χ0) is 16.9. The number of ether oxygens (including phenoxy) is 1. The molecule has 1 fully saturated rings. The normalized spacial score (nSPS) is 15.2. The van der Waals surface area contributed by atoms with Crippen LogP contribution >= 0.6 is 0 Å². The van der Waals surface area contributed by atoms with E-state index < -0.39 is 17.8 Å². The van der Waals surface area contributed by atoms with Crippen LogP contribution in [0.4, 0.5) is 4.39 Å². The molecule has 6 heteroatoms. The number of rotatable bonds is 8. The van der Waals surface area contributed by atoms with E-state index in [-0.39, 0.29) is 24.7 Å². The van der Waals surface area contributed by atoms with E-state index in [4.69, 9.17) is 9.15 Å². The molecule has 0 aliphatic heterocycles. The van der Waals surface area contributed by atoms with Gasteiger partial charge < -0.3 is 19.6 Å². The van der Waals surface area contributed by atoms with Gasteiger partial charge in [-0.2, -0.15) is 0 Å². The number of benzene rings is 1. The summed E-state index contributed by atoms with van der Waals surface area (Å²) < 4.78 is 24.5. The molecule has 24 heavy (non-hydrogen) atoms. The number of amides is 1. The van der Waals surface area contributed by atoms with Crippen LogP contribution < -0.4 is 5.32 Å². The number of aliphatic hydroxyl groups is 1. The zero-order valence-electron chi connectivity index (χ0n) is 13.2. The van der Waals surface area contributed by atoms with E-state index in [2.05, 4.69) is 5.32 Å². The molecule has 1 aromatic carbocycles. The van der Waals surface area contributed by atoms with Crippen molar-refractivity contribution in [2.45, 2.75) is 18.9 Å². The Bertz CT molecular complexity index is 696. The quantitative estimate of drug-likeness (QED) is 0.779. The first-order valence-corrected chi connectivity index (χ1v) is 8.02. The molecule has 0 radical (unpaired) electrons. The minimum atomic E-state index is -0.770. The van der Waals surface area contributed by atoms with Gasteiger partial charge in [-0.1, -0.05) is 12.1 Å². The van der Waals surface area contributed by atoms with Crippen molar-refractivity contribution in [3.05, 3.63) is 48.0 Å². The number of carbonyl (C=O) groups is 1. The Morgan fingerprint density at radius 2 is 2.12 bits per heavy atom. The zero-order valence-corrected chi connectivity index (χ0v) is 13.2. The van der Waals surface area contributed by atoms with Gasteiger partial charge in [0.15, 0.2) is 5.76 Å². The van der Waals surface area contributed by atoms with Crippen molar-refractivity contribution in [2.24, 2.45) is 5.92 Å². The standard InChI is InChI=1S/C18H20FNO4/c19-15-4-2-1-3-14(15)16-7-8-17(24-16)18(22)20-9-13(21)11-23-10-12-5-6-12/h1-4,7-8,12-13,21H,5-6,9-11H2,(H,20,22). The van der Waals surface area contributed by atoms with Crippen molar-refractivity contribution in [2.75, 3.05) is 19.8 Å². The van der Waals surface area contributed by atoms with E-state index in [1.165, 1.54) is 25.0 Å². The number of aliphatic hydroxyl groups excluding tert-OH is 1. The van der Waals surface area contributed by atoms with Crippen LogP contribution in [-0.2, 0) is 4.74 Å². The van der Waals surface area contributed by atoms with Crippen molar-refractivity contribution in [1.82, 2.24) is 5.32 Å². The molecule has 0 spiro atoms. The molecular formula is C18H20FNO4. The van der Waals surface area contributed by atoms with Gasteiger partial charge >= 0.3 is 0 Å². The average Bonchev–Trinajstić information content (AvgIpc) is 3.27. The van der Waals surface area contributed by atoms with Crippen LogP contribution in [0.25, 0.3) is 11.3 Å². The van der Waals surface area contributed by atoms with E-state index in [1.54, 1.807) is 24.3 Å². The van der Waals surface area contributed by atoms with E-state index in [9.17, 15) is 14.3 Å². The summed E-state index contributed by atoms with van der Waals surface area (Å²) in [6.45, 7) is 0.920. The molecule has 2 aromatic rings. The molecule has 128 valence electrons. The van der Waals surface area contributed by atoms with Crippen LogP contribution in [0.1, 0.15) is 23.4 Å². The summed E-state index contributed by atoms with van der Waals surface area (Å²) in [6, 6.07) is 9.21. The van der Waals surface area contributed by atoms with Gasteiger partial charge in [-0.25, -0.2) is 4.39 Å². The highest BCUT2D eigenvalue weighted by Gasteiger charge is 2.22. The Morgan fingerprint density at radius 1 is 1.33 bits per heavy atom. The maximum absolute atomic E-state index is 13.7. The molecule has 1 atom stereocenters. The fraction of sp³-hybridized carbons (Fsp3) is 0.389. The van der Waals surface area contributed by atoms with Gasteiger partial charge in [-0.3, -0.25) is 4.79 Å². The Hall–Kier alpha value is -2.18. The van der Waals surface area contributed by atoms with E-state index >= 15 is 0 Å². The lowest BCUT2D eigenvalue weighted by Gasteiger charge is -2.11. The highest BCUT2D eigenvalue weighted by atomic mass is 19.1. The Balaban J connectivity index is 1.49. The van der Waals surface area contributed by atoms with Crippen LogP contribution in [0.3, 0.4) is 0 Å². The maximum Gasteiger partial charge on any atom is 0.287 e. The lowest BCUT2D eigenvalue weighted by molar-refractivity contribution is 0.0318. The molecule has 1 saturated carbocycles. The van der Waals surface area contributed by atoms with Crippen LogP contribution in [0, 0.1) is 11.7 Å². The summed E-state index contributed by atoms with van der Waals surface area (Å²) >= 11 is 0. The SMILES string of the molecule is O=C(NCC(O)COCC1CC1)c1ccc(-c2ccccc2F)o1. The van der Waals surface area contributed by atoms with Crippen molar-refractivity contribution >= 4 is 5.91 Å². The van der Waals surface area contributed by atoms with Gasteiger partial charge in [-0.05, 0) is 43.0 Å². The fourth-order valence-electron chi connectivity index (χ4n) is 2.28. The third-order valence-corrected chi connectivity index (χ3v) is 3.83. The molecule has 1 unspecified atom stereocenters. The summed E-state index contributed by atoms with van der Waals surface area (Å²) in [6.07, 6.45) is 1.61. The van der Waals surface area contributed by atoms with Crippen molar-refractivity contribution < 1.29 is 23.4 Å². The molecule has 1 amide bonds.